The van der Waals surface area contributed by atoms with Crippen LogP contribution in [0.4, 0.5) is 11.4 Å². The summed E-state index contributed by atoms with van der Waals surface area (Å²) >= 11 is 0. The van der Waals surface area contributed by atoms with E-state index in [1.165, 1.54) is 12.1 Å². The second-order valence-corrected chi connectivity index (χ2v) is 6.22. The number of nitrogens with zero attached hydrogens (tertiary/aromatic N) is 1. The molecule has 0 radical (unpaired) electrons. The molecular formula is C20H20N2O4. The molecule has 0 bridgehead atoms. The summed E-state index contributed by atoms with van der Waals surface area (Å²) in [6.45, 7) is 0.668. The van der Waals surface area contributed by atoms with Gasteiger partial charge in [0.15, 0.2) is 0 Å². The number of hydrogen-bond acceptors (Lipinski definition) is 3. The number of aryl methyl sites for hydroxylation is 1. The van der Waals surface area contributed by atoms with Crippen LogP contribution in [0.3, 0.4) is 0 Å². The third-order valence-electron chi connectivity index (χ3n) is 4.38. The maximum atomic E-state index is 12.3. The van der Waals surface area contributed by atoms with E-state index in [0.717, 1.165) is 17.7 Å². The smallest absolute Gasteiger partial charge is 0.335 e. The largest absolute Gasteiger partial charge is 0.478 e. The molecule has 0 aromatic heterocycles. The zero-order valence-electron chi connectivity index (χ0n) is 14.3. The lowest BCUT2D eigenvalue weighted by atomic mass is 10.1. The highest BCUT2D eigenvalue weighted by Crippen LogP contribution is 2.29. The SMILES string of the molecule is O=C(CCc1ccc(C(=O)O)cc1)Nc1ccccc1N1CCCC1=O. The summed E-state index contributed by atoms with van der Waals surface area (Å²) in [6, 6.07) is 13.8. The second kappa shape index (κ2) is 7.82. The molecule has 1 saturated heterocycles. The highest BCUT2D eigenvalue weighted by atomic mass is 16.4. The molecule has 1 fully saturated rings. The van der Waals surface area contributed by atoms with Crippen LogP contribution in [0.2, 0.25) is 0 Å². The van der Waals surface area contributed by atoms with Gasteiger partial charge in [-0.15, -0.1) is 0 Å². The van der Waals surface area contributed by atoms with Crippen molar-refractivity contribution in [2.24, 2.45) is 0 Å². The number of benzene rings is 2. The van der Waals surface area contributed by atoms with E-state index in [0.29, 0.717) is 25.1 Å². The van der Waals surface area contributed by atoms with Gasteiger partial charge in [0.25, 0.3) is 0 Å². The molecule has 2 N–H and O–H groups in total. The van der Waals surface area contributed by atoms with Crippen molar-refractivity contribution in [3.05, 3.63) is 59.7 Å². The molecule has 1 aliphatic heterocycles. The van der Waals surface area contributed by atoms with Crippen LogP contribution in [0.25, 0.3) is 0 Å². The van der Waals surface area contributed by atoms with Crippen LogP contribution in [0, 0.1) is 0 Å². The first kappa shape index (κ1) is 17.7. The van der Waals surface area contributed by atoms with E-state index in [1.54, 1.807) is 23.1 Å². The zero-order chi connectivity index (χ0) is 18.5. The molecular weight excluding hydrogens is 332 g/mol. The lowest BCUT2D eigenvalue weighted by Crippen LogP contribution is -2.25. The van der Waals surface area contributed by atoms with Crippen molar-refractivity contribution in [2.45, 2.75) is 25.7 Å². The van der Waals surface area contributed by atoms with Gasteiger partial charge in [0.2, 0.25) is 11.8 Å². The van der Waals surface area contributed by atoms with Crippen molar-refractivity contribution in [2.75, 3.05) is 16.8 Å². The second-order valence-electron chi connectivity index (χ2n) is 6.22. The number of nitrogens with one attached hydrogen (secondary N) is 1. The van der Waals surface area contributed by atoms with Gasteiger partial charge in [-0.25, -0.2) is 4.79 Å². The third-order valence-corrected chi connectivity index (χ3v) is 4.38. The number of aromatic carboxylic acids is 1. The van der Waals surface area contributed by atoms with Gasteiger partial charge in [-0.1, -0.05) is 24.3 Å². The molecule has 2 aromatic carbocycles. The quantitative estimate of drug-likeness (QED) is 0.836. The predicted molar refractivity (Wildman–Crippen MR) is 98.4 cm³/mol. The monoisotopic (exact) mass is 352 g/mol. The third kappa shape index (κ3) is 4.08. The number of amides is 2. The number of carbonyl (C=O) groups excluding carboxylic acids is 2. The van der Waals surface area contributed by atoms with E-state index in [2.05, 4.69) is 5.32 Å². The van der Waals surface area contributed by atoms with E-state index < -0.39 is 5.97 Å². The van der Waals surface area contributed by atoms with Crippen molar-refractivity contribution < 1.29 is 19.5 Å². The predicted octanol–water partition coefficient (Wildman–Crippen LogP) is 3.08. The Morgan fingerprint density at radius 3 is 2.46 bits per heavy atom. The number of carboxylic acids is 1. The van der Waals surface area contributed by atoms with Crippen LogP contribution in [-0.2, 0) is 16.0 Å². The summed E-state index contributed by atoms with van der Waals surface area (Å²) in [5.41, 5.74) is 2.48. The maximum Gasteiger partial charge on any atom is 0.335 e. The van der Waals surface area contributed by atoms with Gasteiger partial charge >= 0.3 is 5.97 Å². The minimum Gasteiger partial charge on any atom is -0.478 e. The summed E-state index contributed by atoms with van der Waals surface area (Å²) in [7, 11) is 0. The van der Waals surface area contributed by atoms with Crippen LogP contribution >= 0.6 is 0 Å². The lowest BCUT2D eigenvalue weighted by molar-refractivity contribution is -0.117. The Hall–Kier alpha value is -3.15. The van der Waals surface area contributed by atoms with Crippen molar-refractivity contribution in [3.63, 3.8) is 0 Å². The normalized spacial score (nSPS) is 13.7. The van der Waals surface area contributed by atoms with Gasteiger partial charge in [-0.2, -0.15) is 0 Å². The highest BCUT2D eigenvalue weighted by Gasteiger charge is 2.24. The highest BCUT2D eigenvalue weighted by molar-refractivity contribution is 6.02. The molecule has 0 aliphatic carbocycles. The van der Waals surface area contributed by atoms with Crippen LogP contribution in [0.5, 0.6) is 0 Å². The number of hydrogen-bond donors (Lipinski definition) is 2. The number of para-hydroxylation sites is 2. The van der Waals surface area contributed by atoms with Crippen LogP contribution < -0.4 is 10.2 Å². The minimum atomic E-state index is -0.970. The number of rotatable bonds is 6. The van der Waals surface area contributed by atoms with Gasteiger partial charge in [0.1, 0.15) is 0 Å². The molecule has 0 saturated carbocycles. The summed E-state index contributed by atoms with van der Waals surface area (Å²) in [5, 5.41) is 11.8. The molecule has 6 heteroatoms. The van der Waals surface area contributed by atoms with E-state index in [4.69, 9.17) is 5.11 Å². The van der Waals surface area contributed by atoms with Crippen LogP contribution in [-0.4, -0.2) is 29.4 Å². The fourth-order valence-corrected chi connectivity index (χ4v) is 3.00. The maximum absolute atomic E-state index is 12.3. The van der Waals surface area contributed by atoms with E-state index in [9.17, 15) is 14.4 Å². The van der Waals surface area contributed by atoms with E-state index in [-0.39, 0.29) is 23.8 Å². The Morgan fingerprint density at radius 1 is 1.08 bits per heavy atom. The topological polar surface area (TPSA) is 86.7 Å². The number of anilines is 2. The van der Waals surface area contributed by atoms with Crippen molar-refractivity contribution in [3.8, 4) is 0 Å². The standard InChI is InChI=1S/C20H20N2O4/c23-18(12-9-14-7-10-15(11-8-14)20(25)26)21-16-4-1-2-5-17(16)22-13-3-6-19(22)24/h1-2,4-5,7-8,10-11H,3,6,9,12-13H2,(H,21,23)(H,25,26). The molecule has 134 valence electrons. The fraction of sp³-hybridized carbons (Fsp3) is 0.250. The average molecular weight is 352 g/mol. The summed E-state index contributed by atoms with van der Waals surface area (Å²) < 4.78 is 0. The fourth-order valence-electron chi connectivity index (χ4n) is 3.00. The molecule has 3 rings (SSSR count). The summed E-state index contributed by atoms with van der Waals surface area (Å²) in [6.07, 6.45) is 2.15. The minimum absolute atomic E-state index is 0.0743. The Bertz CT molecular complexity index is 830. The van der Waals surface area contributed by atoms with Crippen LogP contribution in [0.1, 0.15) is 35.2 Å². The molecule has 1 heterocycles. The average Bonchev–Trinajstić information content (AvgIpc) is 3.06. The summed E-state index contributed by atoms with van der Waals surface area (Å²) in [5.74, 6) is -1.04. The number of carboxylic acid groups (broad SMARTS) is 1. The first-order valence-electron chi connectivity index (χ1n) is 8.56. The number of carbonyl (C=O) groups is 3. The van der Waals surface area contributed by atoms with Crippen LogP contribution in [0.15, 0.2) is 48.5 Å². The van der Waals surface area contributed by atoms with Crippen molar-refractivity contribution in [1.82, 2.24) is 0 Å². The molecule has 6 nitrogen and oxygen atoms in total. The molecule has 0 atom stereocenters. The zero-order valence-corrected chi connectivity index (χ0v) is 14.3. The lowest BCUT2D eigenvalue weighted by Gasteiger charge is -2.20. The van der Waals surface area contributed by atoms with Gasteiger partial charge in [-0.05, 0) is 42.7 Å². The van der Waals surface area contributed by atoms with Gasteiger partial charge in [-0.3, -0.25) is 9.59 Å². The molecule has 2 amide bonds. The Morgan fingerprint density at radius 2 is 1.81 bits per heavy atom. The molecule has 0 spiro atoms. The molecule has 1 aliphatic rings. The van der Waals surface area contributed by atoms with Crippen molar-refractivity contribution >= 4 is 29.2 Å². The van der Waals surface area contributed by atoms with Crippen molar-refractivity contribution in [1.29, 1.82) is 0 Å². The van der Waals surface area contributed by atoms with E-state index >= 15 is 0 Å². The van der Waals surface area contributed by atoms with Gasteiger partial charge in [0, 0.05) is 19.4 Å². The first-order valence-corrected chi connectivity index (χ1v) is 8.56. The first-order chi connectivity index (χ1) is 12.5. The Labute approximate surface area is 151 Å². The molecule has 2 aromatic rings. The summed E-state index contributed by atoms with van der Waals surface area (Å²) in [4.78, 5) is 36.8. The van der Waals surface area contributed by atoms with Gasteiger partial charge < -0.3 is 15.3 Å². The van der Waals surface area contributed by atoms with Gasteiger partial charge in [0.05, 0.1) is 16.9 Å². The molecule has 26 heavy (non-hydrogen) atoms. The Balaban J connectivity index is 1.62. The molecule has 0 unspecified atom stereocenters. The Kier molecular flexibility index (Phi) is 5.31. The van der Waals surface area contributed by atoms with E-state index in [1.807, 2.05) is 18.2 Å².